The van der Waals surface area contributed by atoms with E-state index in [1.165, 1.54) is 167 Å². The van der Waals surface area contributed by atoms with E-state index in [9.17, 15) is 14.6 Å². The third-order valence-corrected chi connectivity index (χ3v) is 12.4. The predicted molar refractivity (Wildman–Crippen MR) is 237 cm³/mol. The molecule has 342 valence electrons. The lowest BCUT2D eigenvalue weighted by atomic mass is 10.0. The van der Waals surface area contributed by atoms with Gasteiger partial charge in [0.05, 0.1) is 32.3 Å². The van der Waals surface area contributed by atoms with Gasteiger partial charge in [0, 0.05) is 19.6 Å². The largest absolute Gasteiger partial charge is 0.472 e. The Morgan fingerprint density at radius 2 is 1.20 bits per heavy atom. The first-order chi connectivity index (χ1) is 28.8. The van der Waals surface area contributed by atoms with E-state index in [0.29, 0.717) is 24.4 Å². The second-order valence-corrected chi connectivity index (χ2v) is 18.3. The molecule has 3 heterocycles. The van der Waals surface area contributed by atoms with E-state index in [0.717, 1.165) is 25.7 Å². The van der Waals surface area contributed by atoms with Crippen LogP contribution in [0.15, 0.2) is 12.7 Å². The van der Waals surface area contributed by atoms with Crippen molar-refractivity contribution in [2.75, 3.05) is 38.8 Å². The molecule has 1 fully saturated rings. The summed E-state index contributed by atoms with van der Waals surface area (Å²) in [7, 11) is -4.45. The van der Waals surface area contributed by atoms with E-state index in [2.05, 4.69) is 28.8 Å². The highest BCUT2D eigenvalue weighted by atomic mass is 31.2. The highest BCUT2D eigenvalue weighted by Crippen LogP contribution is 2.44. The molecule has 0 aromatic carbocycles. The summed E-state index contributed by atoms with van der Waals surface area (Å²) < 4.78 is 43.4. The Balaban J connectivity index is 1.31. The van der Waals surface area contributed by atoms with Crippen molar-refractivity contribution < 1.29 is 37.8 Å². The van der Waals surface area contributed by atoms with Gasteiger partial charge in [0.1, 0.15) is 24.1 Å². The molecule has 2 aromatic heterocycles. The summed E-state index contributed by atoms with van der Waals surface area (Å²) in [5.74, 6) is 0.224. The third-order valence-electron chi connectivity index (χ3n) is 11.5. The number of fused-ring (bicyclic) bond motifs is 1. The Hall–Kier alpha value is -1.70. The van der Waals surface area contributed by atoms with Gasteiger partial charge < -0.3 is 29.9 Å². The molecule has 0 spiro atoms. The Bertz CT molecular complexity index is 1350. The maximum Gasteiger partial charge on any atom is 0.472 e. The highest BCUT2D eigenvalue weighted by Gasteiger charge is 2.38. The monoisotopic (exact) mass is 854 g/mol. The van der Waals surface area contributed by atoms with Gasteiger partial charge in [0.25, 0.3) is 0 Å². The lowest BCUT2D eigenvalue weighted by Gasteiger charge is -2.21. The number of nitrogens with zero attached hydrogens (tertiary/aromatic N) is 4. The Kier molecular flexibility index (Phi) is 28.8. The molecule has 0 bridgehead atoms. The first-order valence-electron chi connectivity index (χ1n) is 23.9. The molecule has 4 N–H and O–H groups in total. The summed E-state index contributed by atoms with van der Waals surface area (Å²) in [5, 5.41) is 10.7. The minimum Gasteiger partial charge on any atom is -0.388 e. The maximum absolute atomic E-state index is 13.0. The zero-order valence-electron chi connectivity index (χ0n) is 37.2. The van der Waals surface area contributed by atoms with Crippen LogP contribution in [0.2, 0.25) is 0 Å². The van der Waals surface area contributed by atoms with Gasteiger partial charge in [0.2, 0.25) is 0 Å². The SMILES string of the molecule is CCCCCCCCCCCCCCCCOC[C@@H](COP(=O)(O)OC[C@@H]1C[C@@H](O)[C@H](n2cnc3c(N)ncnc32)O1)OCCCCCCCCCCCCCCCC. The first kappa shape index (κ1) is 51.6. The normalized spacial score (nSPS) is 18.5. The minimum atomic E-state index is -4.45. The van der Waals surface area contributed by atoms with Crippen molar-refractivity contribution in [1.29, 1.82) is 0 Å². The molecule has 1 unspecified atom stereocenters. The molecule has 5 atom stereocenters. The van der Waals surface area contributed by atoms with Crippen LogP contribution in [0.5, 0.6) is 0 Å². The molecular weight excluding hydrogens is 769 g/mol. The summed E-state index contributed by atoms with van der Waals surface area (Å²) in [6, 6.07) is 0. The molecule has 2 aromatic rings. The molecule has 0 saturated carbocycles. The number of anilines is 1. The van der Waals surface area contributed by atoms with E-state index in [1.807, 2.05) is 0 Å². The molecule has 1 aliphatic heterocycles. The summed E-state index contributed by atoms with van der Waals surface area (Å²) in [5.41, 5.74) is 6.73. The molecule has 0 aliphatic carbocycles. The first-order valence-corrected chi connectivity index (χ1v) is 25.4. The smallest absolute Gasteiger partial charge is 0.388 e. The van der Waals surface area contributed by atoms with Crippen LogP contribution in [-0.4, -0.2) is 80.9 Å². The van der Waals surface area contributed by atoms with Gasteiger partial charge in [-0.2, -0.15) is 0 Å². The zero-order chi connectivity index (χ0) is 42.2. The van der Waals surface area contributed by atoms with Crippen LogP contribution in [0.4, 0.5) is 5.82 Å². The lowest BCUT2D eigenvalue weighted by molar-refractivity contribution is -0.0563. The fourth-order valence-electron chi connectivity index (χ4n) is 7.84. The fraction of sp³-hybridized carbons (Fsp3) is 0.889. The van der Waals surface area contributed by atoms with Crippen molar-refractivity contribution in [1.82, 2.24) is 19.5 Å². The van der Waals surface area contributed by atoms with Gasteiger partial charge in [-0.25, -0.2) is 19.5 Å². The molecule has 3 rings (SSSR count). The fourth-order valence-corrected chi connectivity index (χ4v) is 8.62. The Labute approximate surface area is 357 Å². The molecule has 0 radical (unpaired) electrons. The van der Waals surface area contributed by atoms with E-state index in [-0.39, 0.29) is 32.1 Å². The topological polar surface area (TPSA) is 173 Å². The number of ether oxygens (including phenoxy) is 3. The number of phosphoric ester groups is 1. The van der Waals surface area contributed by atoms with E-state index in [1.54, 1.807) is 4.57 Å². The van der Waals surface area contributed by atoms with Crippen molar-refractivity contribution in [2.45, 2.75) is 225 Å². The summed E-state index contributed by atoms with van der Waals surface area (Å²) in [6.07, 6.45) is 36.4. The van der Waals surface area contributed by atoms with Gasteiger partial charge in [-0.05, 0) is 12.8 Å². The number of rotatable bonds is 40. The maximum atomic E-state index is 13.0. The van der Waals surface area contributed by atoms with Crippen LogP contribution in [-0.2, 0) is 27.8 Å². The van der Waals surface area contributed by atoms with E-state index >= 15 is 0 Å². The quantitative estimate of drug-likeness (QED) is 0.0428. The predicted octanol–water partition coefficient (Wildman–Crippen LogP) is 11.6. The van der Waals surface area contributed by atoms with Crippen molar-refractivity contribution in [3.05, 3.63) is 12.7 Å². The third kappa shape index (κ3) is 23.4. The van der Waals surface area contributed by atoms with Gasteiger partial charge in [-0.3, -0.25) is 13.6 Å². The number of hydrogen-bond donors (Lipinski definition) is 3. The molecule has 14 heteroatoms. The van der Waals surface area contributed by atoms with Gasteiger partial charge in [0.15, 0.2) is 17.7 Å². The standard InChI is InChI=1S/C45H84N5O8P/c1-3-5-7-9-11-13-15-17-19-21-23-25-27-29-31-54-34-40(55-32-30-28-26-24-22-20-18-16-14-12-10-8-6-4-2)36-57-59(52,53)56-35-39-33-41(51)45(58-39)50-38-49-42-43(46)47-37-48-44(42)50/h37-41,45,51H,3-36H2,1-2H3,(H,52,53)(H2,46,47,48)/t39-,40-,41+,45+/m0/s1. The number of aliphatic hydroxyl groups is 1. The summed E-state index contributed by atoms with van der Waals surface area (Å²) in [4.78, 5) is 23.0. The molecule has 13 nitrogen and oxygen atoms in total. The highest BCUT2D eigenvalue weighted by molar-refractivity contribution is 7.47. The van der Waals surface area contributed by atoms with Crippen LogP contribution in [0.3, 0.4) is 0 Å². The summed E-state index contributed by atoms with van der Waals surface area (Å²) >= 11 is 0. The van der Waals surface area contributed by atoms with E-state index < -0.39 is 32.4 Å². The number of nitrogen functional groups attached to an aromatic ring is 1. The Morgan fingerprint density at radius 3 is 1.73 bits per heavy atom. The number of aliphatic hydroxyl groups excluding tert-OH is 1. The number of unbranched alkanes of at least 4 members (excludes halogenated alkanes) is 26. The van der Waals surface area contributed by atoms with Gasteiger partial charge in [-0.1, -0.05) is 181 Å². The average Bonchev–Trinajstić information content (AvgIpc) is 3.83. The van der Waals surface area contributed by atoms with Crippen LogP contribution >= 0.6 is 7.82 Å². The second-order valence-electron chi connectivity index (χ2n) is 16.9. The number of phosphoric acid groups is 1. The van der Waals surface area contributed by atoms with Gasteiger partial charge in [-0.15, -0.1) is 0 Å². The molecule has 1 aliphatic rings. The van der Waals surface area contributed by atoms with Crippen molar-refractivity contribution in [2.24, 2.45) is 0 Å². The Morgan fingerprint density at radius 1 is 0.712 bits per heavy atom. The summed E-state index contributed by atoms with van der Waals surface area (Å²) in [6.45, 7) is 5.60. The van der Waals surface area contributed by atoms with Crippen molar-refractivity contribution in [3.63, 3.8) is 0 Å². The number of nitrogens with two attached hydrogens (primary N) is 1. The van der Waals surface area contributed by atoms with Crippen LogP contribution in [0.25, 0.3) is 11.2 Å². The minimum absolute atomic E-state index is 0.135. The molecule has 0 amide bonds. The van der Waals surface area contributed by atoms with Crippen LogP contribution in [0.1, 0.15) is 206 Å². The van der Waals surface area contributed by atoms with Crippen molar-refractivity contribution in [3.8, 4) is 0 Å². The van der Waals surface area contributed by atoms with Crippen LogP contribution in [0, 0.1) is 0 Å². The molecule has 1 saturated heterocycles. The molecule has 59 heavy (non-hydrogen) atoms. The molecular formula is C45H84N5O8P. The second kappa shape index (κ2) is 32.9. The average molecular weight is 854 g/mol. The van der Waals surface area contributed by atoms with Crippen molar-refractivity contribution >= 4 is 24.8 Å². The number of imidazole rings is 1. The van der Waals surface area contributed by atoms with Crippen LogP contribution < -0.4 is 5.73 Å². The lowest BCUT2D eigenvalue weighted by Crippen LogP contribution is -2.26. The number of hydrogen-bond acceptors (Lipinski definition) is 11. The van der Waals surface area contributed by atoms with E-state index in [4.69, 9.17) is 29.0 Å². The van der Waals surface area contributed by atoms with Gasteiger partial charge >= 0.3 is 7.82 Å². The zero-order valence-corrected chi connectivity index (χ0v) is 38.1. The number of aromatic nitrogens is 4.